The van der Waals surface area contributed by atoms with Crippen molar-refractivity contribution in [3.05, 3.63) is 36.2 Å². The first-order chi connectivity index (χ1) is 10.6. The fraction of sp³-hybridized carbons (Fsp3) is 0.357. The van der Waals surface area contributed by atoms with Crippen LogP contribution in [0, 0.1) is 0 Å². The summed E-state index contributed by atoms with van der Waals surface area (Å²) in [6, 6.07) is 3.73. The second kappa shape index (κ2) is 6.18. The Hall–Kier alpha value is -2.35. The molecule has 0 spiro atoms. The third-order valence-corrected chi connectivity index (χ3v) is 3.88. The van der Waals surface area contributed by atoms with Crippen LogP contribution in [0.3, 0.4) is 0 Å². The van der Waals surface area contributed by atoms with Gasteiger partial charge >= 0.3 is 0 Å². The van der Waals surface area contributed by atoms with Crippen LogP contribution in [0.15, 0.2) is 29.0 Å². The molecule has 0 amide bonds. The zero-order valence-corrected chi connectivity index (χ0v) is 13.4. The second-order valence-electron chi connectivity index (χ2n) is 5.20. The van der Waals surface area contributed by atoms with Crippen molar-refractivity contribution < 1.29 is 4.52 Å². The molecule has 0 aliphatic rings. The number of anilines is 1. The standard InChI is InChI=1S/C14H16N6OS/c1-9(2)12-17-14(22-19-12)20(3)8-11-16-13(18-21-11)10-5-4-6-15-7-10/h4-7,9H,8H2,1-3H3. The zero-order chi connectivity index (χ0) is 15.5. The summed E-state index contributed by atoms with van der Waals surface area (Å²) in [4.78, 5) is 14.9. The number of hydrogen-bond donors (Lipinski definition) is 0. The molecule has 0 radical (unpaired) electrons. The molecular weight excluding hydrogens is 300 g/mol. The molecule has 3 aromatic heterocycles. The van der Waals surface area contributed by atoms with Gasteiger partial charge in [-0.1, -0.05) is 19.0 Å². The fourth-order valence-electron chi connectivity index (χ4n) is 1.82. The maximum Gasteiger partial charge on any atom is 0.246 e. The summed E-state index contributed by atoms with van der Waals surface area (Å²) < 4.78 is 9.64. The van der Waals surface area contributed by atoms with Gasteiger partial charge in [0.25, 0.3) is 0 Å². The maximum atomic E-state index is 5.29. The molecule has 0 N–H and O–H groups in total. The number of nitrogens with zero attached hydrogens (tertiary/aromatic N) is 6. The summed E-state index contributed by atoms with van der Waals surface area (Å²) in [6.45, 7) is 4.63. The SMILES string of the molecule is CC(C)c1nsc(N(C)Cc2nc(-c3cccnc3)no2)n1. The zero-order valence-electron chi connectivity index (χ0n) is 12.6. The van der Waals surface area contributed by atoms with Crippen LogP contribution in [-0.2, 0) is 6.54 Å². The van der Waals surface area contributed by atoms with Crippen LogP contribution in [0.25, 0.3) is 11.4 Å². The summed E-state index contributed by atoms with van der Waals surface area (Å²) in [6.07, 6.45) is 3.41. The Kier molecular flexibility index (Phi) is 4.10. The highest BCUT2D eigenvalue weighted by atomic mass is 32.1. The second-order valence-corrected chi connectivity index (χ2v) is 5.93. The monoisotopic (exact) mass is 316 g/mol. The molecule has 7 nitrogen and oxygen atoms in total. The highest BCUT2D eigenvalue weighted by Crippen LogP contribution is 2.22. The predicted octanol–water partition coefficient (Wildman–Crippen LogP) is 2.74. The summed E-state index contributed by atoms with van der Waals surface area (Å²) in [5, 5.41) is 4.82. The average Bonchev–Trinajstić information content (AvgIpc) is 3.17. The molecule has 0 unspecified atom stereocenters. The van der Waals surface area contributed by atoms with Gasteiger partial charge in [0.2, 0.25) is 16.8 Å². The van der Waals surface area contributed by atoms with E-state index >= 15 is 0 Å². The predicted molar refractivity (Wildman–Crippen MR) is 83.6 cm³/mol. The summed E-state index contributed by atoms with van der Waals surface area (Å²) in [7, 11) is 1.93. The van der Waals surface area contributed by atoms with Crippen LogP contribution in [0.4, 0.5) is 5.13 Å². The van der Waals surface area contributed by atoms with Crippen LogP contribution in [-0.4, -0.2) is 31.5 Å². The first-order valence-electron chi connectivity index (χ1n) is 6.91. The Balaban J connectivity index is 1.71. The molecule has 0 fully saturated rings. The summed E-state index contributed by atoms with van der Waals surface area (Å²) in [5.41, 5.74) is 0.832. The number of rotatable bonds is 5. The molecule has 22 heavy (non-hydrogen) atoms. The van der Waals surface area contributed by atoms with E-state index in [1.807, 2.05) is 24.1 Å². The van der Waals surface area contributed by atoms with Crippen molar-refractivity contribution >= 4 is 16.7 Å². The molecule has 0 aliphatic heterocycles. The Labute approximate surface area is 132 Å². The molecule has 0 atom stereocenters. The molecule has 0 aromatic carbocycles. The quantitative estimate of drug-likeness (QED) is 0.716. The van der Waals surface area contributed by atoms with Gasteiger partial charge in [-0.3, -0.25) is 4.98 Å². The lowest BCUT2D eigenvalue weighted by Crippen LogP contribution is -2.16. The minimum Gasteiger partial charge on any atom is -0.341 e. The Morgan fingerprint density at radius 2 is 2.18 bits per heavy atom. The van der Waals surface area contributed by atoms with Gasteiger partial charge in [-0.15, -0.1) is 0 Å². The largest absolute Gasteiger partial charge is 0.341 e. The van der Waals surface area contributed by atoms with E-state index in [2.05, 4.69) is 38.3 Å². The first-order valence-corrected chi connectivity index (χ1v) is 7.68. The Bertz CT molecular complexity index is 739. The molecule has 0 saturated carbocycles. The highest BCUT2D eigenvalue weighted by Gasteiger charge is 2.15. The average molecular weight is 316 g/mol. The minimum absolute atomic E-state index is 0.319. The fourth-order valence-corrected chi connectivity index (χ4v) is 2.58. The van der Waals surface area contributed by atoms with E-state index < -0.39 is 0 Å². The van der Waals surface area contributed by atoms with Gasteiger partial charge in [0.1, 0.15) is 5.82 Å². The van der Waals surface area contributed by atoms with E-state index in [4.69, 9.17) is 4.52 Å². The molecular formula is C14H16N6OS. The van der Waals surface area contributed by atoms with Gasteiger partial charge in [0, 0.05) is 42.5 Å². The lowest BCUT2D eigenvalue weighted by molar-refractivity contribution is 0.378. The maximum absolute atomic E-state index is 5.29. The van der Waals surface area contributed by atoms with Crippen LogP contribution in [0.5, 0.6) is 0 Å². The molecule has 114 valence electrons. The van der Waals surface area contributed by atoms with Gasteiger partial charge in [-0.2, -0.15) is 9.36 Å². The smallest absolute Gasteiger partial charge is 0.246 e. The van der Waals surface area contributed by atoms with Gasteiger partial charge in [-0.25, -0.2) is 4.98 Å². The van der Waals surface area contributed by atoms with Crippen LogP contribution in [0.1, 0.15) is 31.5 Å². The van der Waals surface area contributed by atoms with Crippen LogP contribution >= 0.6 is 11.5 Å². The molecule has 0 saturated heterocycles. The Morgan fingerprint density at radius 3 is 2.86 bits per heavy atom. The van der Waals surface area contributed by atoms with E-state index in [-0.39, 0.29) is 0 Å². The molecule has 8 heteroatoms. The van der Waals surface area contributed by atoms with Crippen molar-refractivity contribution in [2.24, 2.45) is 0 Å². The van der Waals surface area contributed by atoms with E-state index in [0.29, 0.717) is 24.2 Å². The van der Waals surface area contributed by atoms with Crippen molar-refractivity contribution in [1.82, 2.24) is 24.5 Å². The molecule has 3 heterocycles. The van der Waals surface area contributed by atoms with E-state index in [1.165, 1.54) is 11.5 Å². The lowest BCUT2D eigenvalue weighted by atomic mass is 10.2. The molecule has 3 aromatic rings. The molecule has 3 rings (SSSR count). The summed E-state index contributed by atoms with van der Waals surface area (Å²) in [5.74, 6) is 2.24. The number of hydrogen-bond acceptors (Lipinski definition) is 8. The van der Waals surface area contributed by atoms with Crippen molar-refractivity contribution in [2.45, 2.75) is 26.3 Å². The van der Waals surface area contributed by atoms with Crippen LogP contribution in [0.2, 0.25) is 0 Å². The van der Waals surface area contributed by atoms with E-state index in [0.717, 1.165) is 16.5 Å². The Morgan fingerprint density at radius 1 is 1.32 bits per heavy atom. The third kappa shape index (κ3) is 3.11. The molecule has 0 bridgehead atoms. The van der Waals surface area contributed by atoms with Gasteiger partial charge in [0.15, 0.2) is 0 Å². The lowest BCUT2D eigenvalue weighted by Gasteiger charge is -2.11. The first kappa shape index (κ1) is 14.6. The van der Waals surface area contributed by atoms with Crippen molar-refractivity contribution in [3.63, 3.8) is 0 Å². The van der Waals surface area contributed by atoms with E-state index in [9.17, 15) is 0 Å². The van der Waals surface area contributed by atoms with Crippen molar-refractivity contribution in [3.8, 4) is 11.4 Å². The minimum atomic E-state index is 0.319. The van der Waals surface area contributed by atoms with Gasteiger partial charge in [-0.05, 0) is 12.1 Å². The highest BCUT2D eigenvalue weighted by molar-refractivity contribution is 7.09. The molecule has 0 aliphatic carbocycles. The van der Waals surface area contributed by atoms with Crippen molar-refractivity contribution in [1.29, 1.82) is 0 Å². The normalized spacial score (nSPS) is 11.1. The summed E-state index contributed by atoms with van der Waals surface area (Å²) >= 11 is 1.37. The number of pyridine rings is 1. The van der Waals surface area contributed by atoms with Gasteiger partial charge < -0.3 is 9.42 Å². The third-order valence-electron chi connectivity index (χ3n) is 3.03. The van der Waals surface area contributed by atoms with Gasteiger partial charge in [0.05, 0.1) is 6.54 Å². The topological polar surface area (TPSA) is 80.8 Å². The van der Waals surface area contributed by atoms with Crippen molar-refractivity contribution in [2.75, 3.05) is 11.9 Å². The number of aromatic nitrogens is 5. The van der Waals surface area contributed by atoms with E-state index in [1.54, 1.807) is 12.4 Å². The van der Waals surface area contributed by atoms with Crippen LogP contribution < -0.4 is 4.90 Å².